The molecule has 1 saturated heterocycles. The van der Waals surface area contributed by atoms with Crippen LogP contribution >= 0.6 is 0 Å². The van der Waals surface area contributed by atoms with Crippen molar-refractivity contribution in [1.29, 1.82) is 0 Å². The quantitative estimate of drug-likeness (QED) is 0.667. The van der Waals surface area contributed by atoms with Crippen LogP contribution in [-0.4, -0.2) is 61.6 Å². The van der Waals surface area contributed by atoms with Crippen LogP contribution < -0.4 is 0 Å². The van der Waals surface area contributed by atoms with E-state index in [0.717, 1.165) is 13.1 Å². The zero-order valence-electron chi connectivity index (χ0n) is 11.1. The van der Waals surface area contributed by atoms with Gasteiger partial charge in [0, 0.05) is 19.1 Å². The highest BCUT2D eigenvalue weighted by atomic mass is 16.5. The number of likely N-dealkylation sites (tertiary alicyclic amines) is 1. The number of hydrogen-bond acceptors (Lipinski definition) is 4. The van der Waals surface area contributed by atoms with Gasteiger partial charge in [0.15, 0.2) is 0 Å². The Bertz CT molecular complexity index is 241. The molecule has 1 heterocycles. The molecule has 1 fully saturated rings. The summed E-state index contributed by atoms with van der Waals surface area (Å²) < 4.78 is 5.15. The molecular weight excluding hydrogens is 204 g/mol. The first-order valence-electron chi connectivity index (χ1n) is 5.98. The summed E-state index contributed by atoms with van der Waals surface area (Å²) in [5, 5.41) is 0. The summed E-state index contributed by atoms with van der Waals surface area (Å²) in [7, 11) is 4.19. The molecule has 0 aromatic rings. The van der Waals surface area contributed by atoms with Gasteiger partial charge in [-0.15, -0.1) is 0 Å². The Labute approximate surface area is 98.5 Å². The molecule has 94 valence electrons. The number of ether oxygens (including phenoxy) is 1. The van der Waals surface area contributed by atoms with Gasteiger partial charge in [-0.3, -0.25) is 9.69 Å². The molecule has 0 amide bonds. The van der Waals surface area contributed by atoms with Crippen molar-refractivity contribution in [3.05, 3.63) is 0 Å². The molecule has 1 aliphatic heterocycles. The van der Waals surface area contributed by atoms with E-state index >= 15 is 0 Å². The maximum atomic E-state index is 11.5. The van der Waals surface area contributed by atoms with Gasteiger partial charge in [0.05, 0.1) is 12.6 Å². The molecule has 2 atom stereocenters. The Hall–Kier alpha value is -0.610. The first-order valence-corrected chi connectivity index (χ1v) is 5.98. The SMILES string of the molecule is CC(C)OC(=O)CN1CC(C)C(N(C)C)C1. The molecule has 4 nitrogen and oxygen atoms in total. The number of hydrogen-bond donors (Lipinski definition) is 0. The van der Waals surface area contributed by atoms with E-state index in [0.29, 0.717) is 18.5 Å². The summed E-state index contributed by atoms with van der Waals surface area (Å²) in [6.07, 6.45) is -0.0165. The lowest BCUT2D eigenvalue weighted by Gasteiger charge is -2.22. The zero-order valence-corrected chi connectivity index (χ0v) is 11.1. The van der Waals surface area contributed by atoms with Crippen molar-refractivity contribution >= 4 is 5.97 Å². The van der Waals surface area contributed by atoms with Crippen LogP contribution in [0.5, 0.6) is 0 Å². The lowest BCUT2D eigenvalue weighted by molar-refractivity contribution is -0.148. The highest BCUT2D eigenvalue weighted by molar-refractivity contribution is 5.71. The van der Waals surface area contributed by atoms with Crippen LogP contribution in [0.15, 0.2) is 0 Å². The summed E-state index contributed by atoms with van der Waals surface area (Å²) in [5.41, 5.74) is 0. The van der Waals surface area contributed by atoms with Crippen molar-refractivity contribution in [3.63, 3.8) is 0 Å². The molecular formula is C12H24N2O2. The molecule has 4 heteroatoms. The van der Waals surface area contributed by atoms with Gasteiger partial charge < -0.3 is 9.64 Å². The Balaban J connectivity index is 2.38. The average Bonchev–Trinajstić information content (AvgIpc) is 2.44. The van der Waals surface area contributed by atoms with Crippen LogP contribution in [0.1, 0.15) is 20.8 Å². The Morgan fingerprint density at radius 1 is 1.44 bits per heavy atom. The van der Waals surface area contributed by atoms with Crippen molar-refractivity contribution in [3.8, 4) is 0 Å². The first kappa shape index (κ1) is 13.5. The van der Waals surface area contributed by atoms with Gasteiger partial charge in [-0.2, -0.15) is 0 Å². The summed E-state index contributed by atoms with van der Waals surface area (Å²) >= 11 is 0. The molecule has 0 N–H and O–H groups in total. The number of nitrogens with zero attached hydrogens (tertiary/aromatic N) is 2. The van der Waals surface area contributed by atoms with Crippen LogP contribution in [0.4, 0.5) is 0 Å². The topological polar surface area (TPSA) is 32.8 Å². The van der Waals surface area contributed by atoms with Crippen LogP contribution in [0.2, 0.25) is 0 Å². The number of carbonyl (C=O) groups excluding carboxylic acids is 1. The second kappa shape index (κ2) is 5.64. The van der Waals surface area contributed by atoms with Gasteiger partial charge in [-0.25, -0.2) is 0 Å². The third-order valence-corrected chi connectivity index (χ3v) is 3.03. The molecule has 0 aromatic carbocycles. The Morgan fingerprint density at radius 3 is 2.50 bits per heavy atom. The van der Waals surface area contributed by atoms with Crippen molar-refractivity contribution < 1.29 is 9.53 Å². The lowest BCUT2D eigenvalue weighted by atomic mass is 10.1. The van der Waals surface area contributed by atoms with Crippen LogP contribution in [-0.2, 0) is 9.53 Å². The number of likely N-dealkylation sites (N-methyl/N-ethyl adjacent to an activating group) is 1. The maximum absolute atomic E-state index is 11.5. The van der Waals surface area contributed by atoms with E-state index in [1.165, 1.54) is 0 Å². The molecule has 0 aromatic heterocycles. The minimum Gasteiger partial charge on any atom is -0.462 e. The number of carbonyl (C=O) groups is 1. The van der Waals surface area contributed by atoms with Crippen molar-refractivity contribution in [1.82, 2.24) is 9.80 Å². The molecule has 0 aliphatic carbocycles. The van der Waals surface area contributed by atoms with E-state index in [-0.39, 0.29) is 12.1 Å². The summed E-state index contributed by atoms with van der Waals surface area (Å²) in [5.74, 6) is 0.503. The minimum atomic E-state index is -0.110. The lowest BCUT2D eigenvalue weighted by Crippen LogP contribution is -2.35. The highest BCUT2D eigenvalue weighted by Gasteiger charge is 2.32. The molecule has 0 spiro atoms. The molecule has 0 radical (unpaired) electrons. The standard InChI is InChI=1S/C12H24N2O2/c1-9(2)16-12(15)8-14-6-10(3)11(7-14)13(4)5/h9-11H,6-8H2,1-5H3. The van der Waals surface area contributed by atoms with E-state index in [1.54, 1.807) is 0 Å². The van der Waals surface area contributed by atoms with E-state index in [4.69, 9.17) is 4.74 Å². The number of esters is 1. The fourth-order valence-electron chi connectivity index (χ4n) is 2.33. The zero-order chi connectivity index (χ0) is 12.3. The number of rotatable bonds is 4. The molecule has 2 unspecified atom stereocenters. The molecule has 1 aliphatic rings. The van der Waals surface area contributed by atoms with Crippen molar-refractivity contribution in [2.75, 3.05) is 33.7 Å². The van der Waals surface area contributed by atoms with Crippen LogP contribution in [0.3, 0.4) is 0 Å². The molecule has 0 bridgehead atoms. The summed E-state index contributed by atoms with van der Waals surface area (Å²) in [4.78, 5) is 15.9. The maximum Gasteiger partial charge on any atom is 0.320 e. The third-order valence-electron chi connectivity index (χ3n) is 3.03. The fourth-order valence-corrected chi connectivity index (χ4v) is 2.33. The third kappa shape index (κ3) is 3.76. The van der Waals surface area contributed by atoms with E-state index in [9.17, 15) is 4.79 Å². The fraction of sp³-hybridized carbons (Fsp3) is 0.917. The van der Waals surface area contributed by atoms with Gasteiger partial charge in [0.1, 0.15) is 0 Å². The van der Waals surface area contributed by atoms with Crippen molar-refractivity contribution in [2.45, 2.75) is 32.9 Å². The van der Waals surface area contributed by atoms with E-state index in [1.807, 2.05) is 13.8 Å². The van der Waals surface area contributed by atoms with Gasteiger partial charge in [0.25, 0.3) is 0 Å². The van der Waals surface area contributed by atoms with Gasteiger partial charge >= 0.3 is 5.97 Å². The summed E-state index contributed by atoms with van der Waals surface area (Å²) in [6.45, 7) is 8.36. The van der Waals surface area contributed by atoms with Gasteiger partial charge in [-0.1, -0.05) is 6.92 Å². The normalized spacial score (nSPS) is 26.7. The second-order valence-electron chi connectivity index (χ2n) is 5.24. The molecule has 0 saturated carbocycles. The molecule has 1 rings (SSSR count). The van der Waals surface area contributed by atoms with E-state index < -0.39 is 0 Å². The average molecular weight is 228 g/mol. The highest BCUT2D eigenvalue weighted by Crippen LogP contribution is 2.19. The predicted molar refractivity (Wildman–Crippen MR) is 64.3 cm³/mol. The van der Waals surface area contributed by atoms with Gasteiger partial charge in [0.2, 0.25) is 0 Å². The van der Waals surface area contributed by atoms with Crippen LogP contribution in [0, 0.1) is 5.92 Å². The minimum absolute atomic E-state index is 0.0165. The van der Waals surface area contributed by atoms with Gasteiger partial charge in [-0.05, 0) is 33.9 Å². The van der Waals surface area contributed by atoms with E-state index in [2.05, 4.69) is 30.8 Å². The first-order chi connectivity index (χ1) is 7.40. The largest absolute Gasteiger partial charge is 0.462 e. The summed E-state index contributed by atoms with van der Waals surface area (Å²) in [6, 6.07) is 0.548. The van der Waals surface area contributed by atoms with Crippen molar-refractivity contribution in [2.24, 2.45) is 5.92 Å². The Morgan fingerprint density at radius 2 is 2.06 bits per heavy atom. The van der Waals surface area contributed by atoms with Crippen LogP contribution in [0.25, 0.3) is 0 Å². The predicted octanol–water partition coefficient (Wildman–Crippen LogP) is 0.820. The Kier molecular flexibility index (Phi) is 4.74. The monoisotopic (exact) mass is 228 g/mol. The molecule has 16 heavy (non-hydrogen) atoms. The smallest absolute Gasteiger partial charge is 0.320 e. The second-order valence-corrected chi connectivity index (χ2v) is 5.24.